The molecule has 0 aromatic carbocycles. The zero-order valence-corrected chi connectivity index (χ0v) is 15.3. The van der Waals surface area contributed by atoms with Crippen LogP contribution in [-0.4, -0.2) is 20.6 Å². The van der Waals surface area contributed by atoms with E-state index in [1.165, 1.54) is 0 Å². The third-order valence-electron chi connectivity index (χ3n) is 5.65. The van der Waals surface area contributed by atoms with Crippen LogP contribution in [0, 0.1) is 6.92 Å². The normalized spacial score (nSPS) is 19.7. The molecule has 2 aliphatic heterocycles. The van der Waals surface area contributed by atoms with Crippen LogP contribution in [0.2, 0.25) is 0 Å². The van der Waals surface area contributed by atoms with Crippen molar-refractivity contribution in [2.75, 3.05) is 0 Å². The van der Waals surface area contributed by atoms with Crippen LogP contribution >= 0.6 is 0 Å². The first-order valence-corrected chi connectivity index (χ1v) is 8.82. The largest absolute Gasteiger partial charge is 0.458 e. The van der Waals surface area contributed by atoms with Crippen LogP contribution in [-0.2, 0) is 28.3 Å². The molecule has 0 fully saturated rings. The number of nitrogens with zero attached hydrogens (tertiary/aromatic N) is 2. The summed E-state index contributed by atoms with van der Waals surface area (Å²) < 4.78 is 6.70. The van der Waals surface area contributed by atoms with Crippen molar-refractivity contribution in [1.82, 2.24) is 9.55 Å². The zero-order valence-electron chi connectivity index (χ0n) is 15.3. The van der Waals surface area contributed by atoms with Crippen molar-refractivity contribution < 1.29 is 14.6 Å². The second-order valence-corrected chi connectivity index (χ2v) is 6.87. The van der Waals surface area contributed by atoms with Gasteiger partial charge in [0, 0.05) is 16.7 Å². The topological polar surface area (TPSA) is 81.4 Å². The van der Waals surface area contributed by atoms with Crippen LogP contribution in [0.3, 0.4) is 0 Å². The molecule has 27 heavy (non-hydrogen) atoms. The Labute approximate surface area is 156 Å². The predicted molar refractivity (Wildman–Crippen MR) is 102 cm³/mol. The average Bonchev–Trinajstić information content (AvgIpc) is 3.04. The molecule has 0 radical (unpaired) electrons. The molecule has 138 valence electrons. The van der Waals surface area contributed by atoms with Gasteiger partial charge in [0.15, 0.2) is 5.60 Å². The molecule has 0 saturated carbocycles. The number of fused-ring (bicyclic) bond motifs is 4. The number of rotatable bonds is 3. The summed E-state index contributed by atoms with van der Waals surface area (Å²) in [5.41, 5.74) is 3.32. The van der Waals surface area contributed by atoms with Crippen molar-refractivity contribution in [2.24, 2.45) is 0 Å². The van der Waals surface area contributed by atoms with E-state index >= 15 is 0 Å². The summed E-state index contributed by atoms with van der Waals surface area (Å²) >= 11 is 0. The van der Waals surface area contributed by atoms with E-state index < -0.39 is 11.6 Å². The van der Waals surface area contributed by atoms with E-state index in [0.29, 0.717) is 34.8 Å². The first-order valence-electron chi connectivity index (χ1n) is 8.82. The molecule has 2 aromatic heterocycles. The number of pyridine rings is 2. The first kappa shape index (κ1) is 17.4. The summed E-state index contributed by atoms with van der Waals surface area (Å²) in [5, 5.41) is 10.9. The molecule has 0 amide bonds. The molecule has 4 rings (SSSR count). The lowest BCUT2D eigenvalue weighted by Crippen LogP contribution is -2.44. The van der Waals surface area contributed by atoms with Gasteiger partial charge in [-0.05, 0) is 31.1 Å². The van der Waals surface area contributed by atoms with Gasteiger partial charge >= 0.3 is 5.97 Å². The Hall–Kier alpha value is -2.99. The summed E-state index contributed by atoms with van der Waals surface area (Å²) in [6.45, 7) is 11.6. The average molecular weight is 364 g/mol. The van der Waals surface area contributed by atoms with Crippen LogP contribution < -0.4 is 5.56 Å². The molecule has 2 aliphatic rings. The third-order valence-corrected chi connectivity index (χ3v) is 5.65. The second-order valence-electron chi connectivity index (χ2n) is 6.87. The zero-order chi connectivity index (χ0) is 19.5. The quantitative estimate of drug-likeness (QED) is 0.722. The molecule has 6 nitrogen and oxygen atoms in total. The van der Waals surface area contributed by atoms with Crippen molar-refractivity contribution >= 4 is 18.1 Å². The molecule has 0 aliphatic carbocycles. The minimum absolute atomic E-state index is 0.119. The highest BCUT2D eigenvalue weighted by molar-refractivity contribution is 5.84. The fourth-order valence-electron chi connectivity index (χ4n) is 4.01. The van der Waals surface area contributed by atoms with Crippen LogP contribution in [0.4, 0.5) is 0 Å². The minimum atomic E-state index is -1.82. The lowest BCUT2D eigenvalue weighted by molar-refractivity contribution is -0.172. The lowest BCUT2D eigenvalue weighted by atomic mass is 9.86. The van der Waals surface area contributed by atoms with Crippen LogP contribution in [0.1, 0.15) is 46.9 Å². The van der Waals surface area contributed by atoms with E-state index in [2.05, 4.69) is 18.1 Å². The number of aromatic nitrogens is 2. The Morgan fingerprint density at radius 2 is 2.07 bits per heavy atom. The summed E-state index contributed by atoms with van der Waals surface area (Å²) in [4.78, 5) is 30.0. The van der Waals surface area contributed by atoms with Gasteiger partial charge in [-0.3, -0.25) is 4.79 Å². The third kappa shape index (κ3) is 2.13. The van der Waals surface area contributed by atoms with Crippen molar-refractivity contribution in [3.8, 4) is 11.4 Å². The maximum absolute atomic E-state index is 13.1. The minimum Gasteiger partial charge on any atom is -0.458 e. The molecule has 0 spiro atoms. The highest BCUT2D eigenvalue weighted by atomic mass is 16.6. The number of carbonyl (C=O) groups is 1. The number of aliphatic hydroxyl groups is 1. The molecule has 0 unspecified atom stereocenters. The summed E-state index contributed by atoms with van der Waals surface area (Å²) in [5.74, 6) is -0.724. The summed E-state index contributed by atoms with van der Waals surface area (Å²) in [6.07, 6.45) is 3.51. The van der Waals surface area contributed by atoms with Gasteiger partial charge in [0.1, 0.15) is 6.61 Å². The Kier molecular flexibility index (Phi) is 3.71. The smallest absolute Gasteiger partial charge is 0.343 e. The van der Waals surface area contributed by atoms with Gasteiger partial charge in [-0.15, -0.1) is 0 Å². The maximum Gasteiger partial charge on any atom is 0.343 e. The maximum atomic E-state index is 13.1. The first-order chi connectivity index (χ1) is 12.9. The SMILES string of the molecule is C=Cc1nc2c(c(C)c1C=C)Cn1c-2cc2c(c1=O)COC(=O)[C@]2(O)CC. The van der Waals surface area contributed by atoms with Crippen LogP contribution in [0.25, 0.3) is 23.5 Å². The molecule has 6 heteroatoms. The number of hydrogen-bond donors (Lipinski definition) is 1. The molecule has 4 heterocycles. The molecular formula is C21H20N2O4. The number of carbonyl (C=O) groups excluding carboxylic acids is 1. The van der Waals surface area contributed by atoms with Crippen molar-refractivity contribution in [2.45, 2.75) is 39.0 Å². The molecule has 1 N–H and O–H groups in total. The van der Waals surface area contributed by atoms with Gasteiger partial charge in [0.05, 0.1) is 29.2 Å². The molecular weight excluding hydrogens is 344 g/mol. The standard InChI is InChI=1S/C21H20N2O4/c1-5-12-11(4)13-9-23-17(18(13)22-16(12)6-2)8-15-14(19(23)24)10-27-20(25)21(15,26)7-3/h5-6,8,26H,1-2,7,9-10H2,3-4H3/t21-/m0/s1. The molecule has 1 atom stereocenters. The van der Waals surface area contributed by atoms with Gasteiger partial charge in [-0.1, -0.05) is 26.2 Å². The van der Waals surface area contributed by atoms with Crippen molar-refractivity contribution in [1.29, 1.82) is 0 Å². The number of esters is 1. The monoisotopic (exact) mass is 364 g/mol. The van der Waals surface area contributed by atoms with Gasteiger partial charge in [-0.2, -0.15) is 0 Å². The van der Waals surface area contributed by atoms with Crippen LogP contribution in [0.15, 0.2) is 24.0 Å². The van der Waals surface area contributed by atoms with E-state index in [1.54, 1.807) is 29.7 Å². The predicted octanol–water partition coefficient (Wildman–Crippen LogP) is 2.52. The Bertz CT molecular complexity index is 1100. The highest BCUT2D eigenvalue weighted by Crippen LogP contribution is 2.39. The molecule has 2 aromatic rings. The molecule has 0 saturated heterocycles. The van der Waals surface area contributed by atoms with E-state index in [1.807, 2.05) is 6.92 Å². The molecule has 0 bridgehead atoms. The van der Waals surface area contributed by atoms with E-state index in [-0.39, 0.29) is 18.6 Å². The van der Waals surface area contributed by atoms with E-state index in [4.69, 9.17) is 4.74 Å². The van der Waals surface area contributed by atoms with Crippen molar-refractivity contribution in [3.63, 3.8) is 0 Å². The summed E-state index contributed by atoms with van der Waals surface area (Å²) in [7, 11) is 0. The van der Waals surface area contributed by atoms with Gasteiger partial charge in [-0.25, -0.2) is 9.78 Å². The van der Waals surface area contributed by atoms with Gasteiger partial charge in [0.2, 0.25) is 0 Å². The Balaban J connectivity index is 2.05. The Morgan fingerprint density at radius 1 is 1.33 bits per heavy atom. The van der Waals surface area contributed by atoms with Gasteiger partial charge < -0.3 is 14.4 Å². The van der Waals surface area contributed by atoms with Gasteiger partial charge in [0.25, 0.3) is 5.56 Å². The Morgan fingerprint density at radius 3 is 2.70 bits per heavy atom. The van der Waals surface area contributed by atoms with E-state index in [0.717, 1.165) is 16.7 Å². The fourth-order valence-corrected chi connectivity index (χ4v) is 4.01. The van der Waals surface area contributed by atoms with E-state index in [9.17, 15) is 14.7 Å². The number of cyclic esters (lactones) is 1. The second kappa shape index (κ2) is 5.76. The van der Waals surface area contributed by atoms with Crippen LogP contribution in [0.5, 0.6) is 0 Å². The highest BCUT2D eigenvalue weighted by Gasteiger charge is 2.45. The summed E-state index contributed by atoms with van der Waals surface area (Å²) in [6, 6.07) is 1.71. The fraction of sp³-hybridized carbons (Fsp3) is 0.286. The van der Waals surface area contributed by atoms with Crippen molar-refractivity contribution in [3.05, 3.63) is 63.1 Å². The number of hydrogen-bond acceptors (Lipinski definition) is 5. The number of ether oxygens (including phenoxy) is 1. The lowest BCUT2D eigenvalue weighted by Gasteiger charge is -2.31.